The lowest BCUT2D eigenvalue weighted by molar-refractivity contribution is 0.0878. The molecule has 8 nitrogen and oxygen atoms in total. The van der Waals surface area contributed by atoms with Crippen molar-refractivity contribution in [1.29, 1.82) is 0 Å². The van der Waals surface area contributed by atoms with Gasteiger partial charge < -0.3 is 33.9 Å². The molecule has 1 aliphatic carbocycles. The maximum atomic E-state index is 11.7. The van der Waals surface area contributed by atoms with E-state index in [-0.39, 0.29) is 29.8 Å². The second kappa shape index (κ2) is 10.4. The molecule has 2 aliphatic rings. The largest absolute Gasteiger partial charge is 0.502 e. The van der Waals surface area contributed by atoms with Crippen LogP contribution in [-0.2, 0) is 12.8 Å². The zero-order valence-corrected chi connectivity index (χ0v) is 21.6. The molecule has 0 saturated heterocycles. The zero-order chi connectivity index (χ0) is 26.1. The highest BCUT2D eigenvalue weighted by atomic mass is 16.5. The van der Waals surface area contributed by atoms with Crippen molar-refractivity contribution in [3.63, 3.8) is 0 Å². The van der Waals surface area contributed by atoms with Crippen LogP contribution in [0, 0.1) is 0 Å². The SMILES string of the molecule is CCNCOc1cc(OC)c2c(c1)-c1ccc3c(c1CC2)C(O)C(c1cc(OC)c(O)c(OC)c1)CO3. The lowest BCUT2D eigenvalue weighted by Gasteiger charge is -2.35. The fraction of sp³-hybridized carbons (Fsp3) is 0.379. The summed E-state index contributed by atoms with van der Waals surface area (Å²) < 4.78 is 28.5. The molecular weight excluding hydrogens is 474 g/mol. The van der Waals surface area contributed by atoms with E-state index >= 15 is 0 Å². The Morgan fingerprint density at radius 1 is 0.919 bits per heavy atom. The monoisotopic (exact) mass is 507 g/mol. The van der Waals surface area contributed by atoms with Crippen LogP contribution in [0.5, 0.6) is 34.5 Å². The standard InChI is InChI=1S/C29H33NO7/c1-5-30-15-37-17-12-21-18-8-9-23-27(20(18)7-6-19(21)24(13-17)33-2)28(31)22(14-36-23)16-10-25(34-3)29(32)26(11-16)35-4/h8-13,22,28,30-32H,5-7,14-15H2,1-4H3. The number of phenols is 1. The molecule has 0 amide bonds. The summed E-state index contributed by atoms with van der Waals surface area (Å²) in [5.74, 6) is 2.34. The molecule has 8 heteroatoms. The third-order valence-corrected chi connectivity index (χ3v) is 7.25. The van der Waals surface area contributed by atoms with Crippen LogP contribution in [0.4, 0.5) is 0 Å². The predicted molar refractivity (Wildman–Crippen MR) is 139 cm³/mol. The van der Waals surface area contributed by atoms with Gasteiger partial charge in [-0.25, -0.2) is 0 Å². The number of aromatic hydroxyl groups is 1. The first kappa shape index (κ1) is 25.0. The summed E-state index contributed by atoms with van der Waals surface area (Å²) in [6.45, 7) is 3.54. The smallest absolute Gasteiger partial charge is 0.200 e. The summed E-state index contributed by atoms with van der Waals surface area (Å²) in [4.78, 5) is 0. The number of rotatable bonds is 8. The first-order valence-electron chi connectivity index (χ1n) is 12.5. The van der Waals surface area contributed by atoms with E-state index in [1.165, 1.54) is 14.2 Å². The normalized spacial score (nSPS) is 17.6. The molecule has 3 N–H and O–H groups in total. The number of ether oxygens (including phenoxy) is 5. The highest BCUT2D eigenvalue weighted by molar-refractivity contribution is 5.79. The molecular formula is C29H33NO7. The van der Waals surface area contributed by atoms with Crippen LogP contribution in [0.25, 0.3) is 11.1 Å². The summed E-state index contributed by atoms with van der Waals surface area (Å²) in [7, 11) is 4.65. The average molecular weight is 508 g/mol. The summed E-state index contributed by atoms with van der Waals surface area (Å²) in [5, 5.41) is 25.2. The van der Waals surface area contributed by atoms with E-state index in [1.54, 1.807) is 19.2 Å². The third kappa shape index (κ3) is 4.40. The van der Waals surface area contributed by atoms with Gasteiger partial charge in [0.05, 0.1) is 34.0 Å². The fourth-order valence-electron chi connectivity index (χ4n) is 5.36. The first-order chi connectivity index (χ1) is 18.0. The maximum absolute atomic E-state index is 11.7. The Labute approximate surface area is 216 Å². The summed E-state index contributed by atoms with van der Waals surface area (Å²) in [5.41, 5.74) is 5.82. The molecule has 2 atom stereocenters. The molecule has 0 radical (unpaired) electrons. The quantitative estimate of drug-likeness (QED) is 0.306. The number of benzene rings is 3. The van der Waals surface area contributed by atoms with Crippen molar-refractivity contribution < 1.29 is 33.9 Å². The minimum atomic E-state index is -0.811. The molecule has 1 aliphatic heterocycles. The Balaban J connectivity index is 1.57. The summed E-state index contributed by atoms with van der Waals surface area (Å²) in [6, 6.07) is 11.4. The fourth-order valence-corrected chi connectivity index (χ4v) is 5.36. The molecule has 0 bridgehead atoms. The van der Waals surface area contributed by atoms with Gasteiger partial charge in [0.15, 0.2) is 11.5 Å². The van der Waals surface area contributed by atoms with Crippen LogP contribution in [0.15, 0.2) is 36.4 Å². The second-order valence-electron chi connectivity index (χ2n) is 9.18. The maximum Gasteiger partial charge on any atom is 0.200 e. The summed E-state index contributed by atoms with van der Waals surface area (Å²) >= 11 is 0. The minimum absolute atomic E-state index is 0.0736. The van der Waals surface area contributed by atoms with Crippen molar-refractivity contribution in [3.05, 3.63) is 58.7 Å². The van der Waals surface area contributed by atoms with Gasteiger partial charge in [-0.15, -0.1) is 0 Å². The van der Waals surface area contributed by atoms with Crippen molar-refractivity contribution >= 4 is 0 Å². The predicted octanol–water partition coefficient (Wildman–Crippen LogP) is 4.34. The van der Waals surface area contributed by atoms with Gasteiger partial charge in [0, 0.05) is 23.1 Å². The third-order valence-electron chi connectivity index (χ3n) is 7.25. The number of nitrogens with one attached hydrogen (secondary N) is 1. The van der Waals surface area contributed by atoms with Crippen LogP contribution in [0.1, 0.15) is 41.2 Å². The number of hydrogen-bond donors (Lipinski definition) is 3. The first-order valence-corrected chi connectivity index (χ1v) is 12.5. The van der Waals surface area contributed by atoms with Crippen LogP contribution >= 0.6 is 0 Å². The number of aliphatic hydroxyl groups is 1. The van der Waals surface area contributed by atoms with Gasteiger partial charge in [-0.3, -0.25) is 5.32 Å². The van der Waals surface area contributed by atoms with Crippen molar-refractivity contribution in [2.75, 3.05) is 41.2 Å². The second-order valence-corrected chi connectivity index (χ2v) is 9.18. The number of fused-ring (bicyclic) bond motifs is 5. The Morgan fingerprint density at radius 3 is 2.30 bits per heavy atom. The van der Waals surface area contributed by atoms with E-state index in [0.29, 0.717) is 12.5 Å². The van der Waals surface area contributed by atoms with Crippen LogP contribution in [-0.4, -0.2) is 51.4 Å². The van der Waals surface area contributed by atoms with Crippen LogP contribution in [0.3, 0.4) is 0 Å². The Morgan fingerprint density at radius 2 is 1.62 bits per heavy atom. The Kier molecular flexibility index (Phi) is 7.04. The van der Waals surface area contributed by atoms with E-state index in [9.17, 15) is 10.2 Å². The Bertz CT molecular complexity index is 1280. The van der Waals surface area contributed by atoms with Gasteiger partial charge in [0.2, 0.25) is 5.75 Å². The molecule has 0 aromatic heterocycles. The number of aliphatic hydroxyl groups excluding tert-OH is 1. The molecule has 3 aromatic rings. The molecule has 2 unspecified atom stereocenters. The number of methoxy groups -OCH3 is 3. The van der Waals surface area contributed by atoms with Crippen LogP contribution in [0.2, 0.25) is 0 Å². The van der Waals surface area contributed by atoms with Crippen molar-refractivity contribution in [3.8, 4) is 45.6 Å². The topological polar surface area (TPSA) is 98.6 Å². The molecule has 1 heterocycles. The molecule has 0 spiro atoms. The zero-order valence-electron chi connectivity index (χ0n) is 21.6. The van der Waals surface area contributed by atoms with E-state index in [0.717, 1.165) is 64.3 Å². The van der Waals surface area contributed by atoms with E-state index < -0.39 is 6.10 Å². The van der Waals surface area contributed by atoms with Gasteiger partial charge >= 0.3 is 0 Å². The average Bonchev–Trinajstić information content (AvgIpc) is 2.92. The molecule has 0 saturated carbocycles. The lowest BCUT2D eigenvalue weighted by Crippen LogP contribution is -2.26. The lowest BCUT2D eigenvalue weighted by atomic mass is 9.77. The highest BCUT2D eigenvalue weighted by Gasteiger charge is 2.36. The number of phenolic OH excluding ortho intramolecular Hbond substituents is 1. The van der Waals surface area contributed by atoms with Gasteiger partial charge in [-0.2, -0.15) is 0 Å². The van der Waals surface area contributed by atoms with E-state index in [1.807, 2.05) is 25.1 Å². The molecule has 5 rings (SSSR count). The van der Waals surface area contributed by atoms with Crippen LogP contribution < -0.4 is 29.0 Å². The van der Waals surface area contributed by atoms with Gasteiger partial charge in [-0.05, 0) is 65.9 Å². The van der Waals surface area contributed by atoms with E-state index in [4.69, 9.17) is 23.7 Å². The molecule has 0 fully saturated rings. The Hall–Kier alpha value is -3.62. The summed E-state index contributed by atoms with van der Waals surface area (Å²) in [6.07, 6.45) is 0.706. The minimum Gasteiger partial charge on any atom is -0.502 e. The van der Waals surface area contributed by atoms with Crippen molar-refractivity contribution in [1.82, 2.24) is 5.32 Å². The number of hydrogen-bond acceptors (Lipinski definition) is 8. The molecule has 3 aromatic carbocycles. The highest BCUT2D eigenvalue weighted by Crippen LogP contribution is 2.50. The molecule has 196 valence electrons. The molecule has 37 heavy (non-hydrogen) atoms. The van der Waals surface area contributed by atoms with Gasteiger partial charge in [0.25, 0.3) is 0 Å². The van der Waals surface area contributed by atoms with Crippen molar-refractivity contribution in [2.24, 2.45) is 0 Å². The van der Waals surface area contributed by atoms with Crippen molar-refractivity contribution in [2.45, 2.75) is 31.8 Å². The van der Waals surface area contributed by atoms with Gasteiger partial charge in [0.1, 0.15) is 24.0 Å². The van der Waals surface area contributed by atoms with Gasteiger partial charge in [-0.1, -0.05) is 13.0 Å². The van der Waals surface area contributed by atoms with E-state index in [2.05, 4.69) is 11.4 Å².